The summed E-state index contributed by atoms with van der Waals surface area (Å²) in [7, 11) is 1.87. The van der Waals surface area contributed by atoms with E-state index in [-0.39, 0.29) is 5.28 Å². The summed E-state index contributed by atoms with van der Waals surface area (Å²) in [5.74, 6) is 0.867. The Morgan fingerprint density at radius 3 is 2.79 bits per heavy atom. The van der Waals surface area contributed by atoms with Gasteiger partial charge in [0.15, 0.2) is 5.82 Å². The van der Waals surface area contributed by atoms with Crippen LogP contribution in [0.3, 0.4) is 0 Å². The lowest BCUT2D eigenvalue weighted by molar-refractivity contribution is 0.168. The number of halogens is 1. The van der Waals surface area contributed by atoms with Crippen molar-refractivity contribution in [1.82, 2.24) is 9.97 Å². The summed E-state index contributed by atoms with van der Waals surface area (Å²) < 4.78 is 0. The predicted octanol–water partition coefficient (Wildman–Crippen LogP) is 2.04. The maximum Gasteiger partial charge on any atom is 0.224 e. The van der Waals surface area contributed by atoms with Crippen LogP contribution in [0.15, 0.2) is 6.20 Å². The van der Waals surface area contributed by atoms with E-state index in [1.807, 2.05) is 11.9 Å². The van der Waals surface area contributed by atoms with Crippen LogP contribution in [0.5, 0.6) is 0 Å². The van der Waals surface area contributed by atoms with Gasteiger partial charge in [-0.2, -0.15) is 4.98 Å². The van der Waals surface area contributed by atoms with Gasteiger partial charge in [-0.1, -0.05) is 12.8 Å². The fraction of sp³-hybridized carbons (Fsp3) is 0.692. The molecule has 1 aliphatic carbocycles. The third kappa shape index (κ3) is 2.37. The van der Waals surface area contributed by atoms with Crippen molar-refractivity contribution in [3.05, 3.63) is 11.5 Å². The van der Waals surface area contributed by atoms with Crippen molar-refractivity contribution in [3.8, 4) is 0 Å². The van der Waals surface area contributed by atoms with Crippen LogP contribution in [0.4, 0.5) is 11.5 Å². The van der Waals surface area contributed by atoms with Crippen molar-refractivity contribution in [2.24, 2.45) is 0 Å². The largest absolute Gasteiger partial charge is 0.374 e. The van der Waals surface area contributed by atoms with Crippen LogP contribution in [-0.2, 0) is 0 Å². The lowest BCUT2D eigenvalue weighted by Gasteiger charge is -2.29. The number of anilines is 2. The predicted molar refractivity (Wildman–Crippen MR) is 75.7 cm³/mol. The van der Waals surface area contributed by atoms with Gasteiger partial charge in [-0.05, 0) is 24.4 Å². The SMILES string of the molecule is CN1c2cnc(Cl)nc2N(C2CCCC2)CCC1O. The summed E-state index contributed by atoms with van der Waals surface area (Å²) in [6, 6.07) is 0.517. The normalized spacial score (nSPS) is 24.5. The number of fused-ring (bicyclic) bond motifs is 1. The second kappa shape index (κ2) is 5.13. The van der Waals surface area contributed by atoms with E-state index in [1.165, 1.54) is 25.7 Å². The van der Waals surface area contributed by atoms with Gasteiger partial charge in [0.25, 0.3) is 0 Å². The zero-order valence-electron chi connectivity index (χ0n) is 11.1. The molecule has 2 aliphatic rings. The van der Waals surface area contributed by atoms with E-state index in [1.54, 1.807) is 6.20 Å². The van der Waals surface area contributed by atoms with Gasteiger partial charge < -0.3 is 14.9 Å². The molecule has 1 saturated carbocycles. The molecule has 0 spiro atoms. The Morgan fingerprint density at radius 2 is 2.05 bits per heavy atom. The summed E-state index contributed by atoms with van der Waals surface area (Å²) in [6.07, 6.45) is 6.86. The van der Waals surface area contributed by atoms with Gasteiger partial charge in [0, 0.05) is 26.1 Å². The van der Waals surface area contributed by atoms with E-state index in [4.69, 9.17) is 11.6 Å². The van der Waals surface area contributed by atoms with Gasteiger partial charge in [0.1, 0.15) is 11.9 Å². The van der Waals surface area contributed by atoms with Crippen LogP contribution >= 0.6 is 11.6 Å². The Hall–Kier alpha value is -1.07. The fourth-order valence-electron chi connectivity index (χ4n) is 3.09. The van der Waals surface area contributed by atoms with Crippen molar-refractivity contribution in [3.63, 3.8) is 0 Å². The first kappa shape index (κ1) is 12.9. The molecule has 1 aromatic heterocycles. The Morgan fingerprint density at radius 1 is 1.32 bits per heavy atom. The molecule has 1 fully saturated rings. The molecule has 1 aliphatic heterocycles. The molecule has 0 saturated heterocycles. The number of nitrogens with zero attached hydrogens (tertiary/aromatic N) is 4. The van der Waals surface area contributed by atoms with Crippen molar-refractivity contribution in [1.29, 1.82) is 0 Å². The lowest BCUT2D eigenvalue weighted by atomic mass is 10.2. The molecule has 6 heteroatoms. The highest BCUT2D eigenvalue weighted by molar-refractivity contribution is 6.28. The molecule has 0 amide bonds. The summed E-state index contributed by atoms with van der Waals surface area (Å²) in [5.41, 5.74) is 0.862. The van der Waals surface area contributed by atoms with Crippen molar-refractivity contribution < 1.29 is 5.11 Å². The number of rotatable bonds is 1. The smallest absolute Gasteiger partial charge is 0.224 e. The lowest BCUT2D eigenvalue weighted by Crippen LogP contribution is -2.35. The molecule has 1 atom stereocenters. The first-order valence-electron chi connectivity index (χ1n) is 6.87. The Balaban J connectivity index is 2.02. The van der Waals surface area contributed by atoms with E-state index < -0.39 is 6.23 Å². The first-order chi connectivity index (χ1) is 9.16. The third-order valence-electron chi connectivity index (χ3n) is 4.21. The second-order valence-electron chi connectivity index (χ2n) is 5.36. The minimum Gasteiger partial charge on any atom is -0.374 e. The minimum absolute atomic E-state index is 0.270. The molecule has 0 aromatic carbocycles. The molecule has 104 valence electrons. The molecule has 1 aromatic rings. The standard InChI is InChI=1S/C13H19ClN4O/c1-17-10-8-15-13(14)16-12(10)18(7-6-11(17)19)9-4-2-3-5-9/h8-9,11,19H,2-7H2,1H3. The van der Waals surface area contributed by atoms with Gasteiger partial charge >= 0.3 is 0 Å². The van der Waals surface area contributed by atoms with E-state index in [0.717, 1.165) is 18.1 Å². The maximum atomic E-state index is 10.1. The number of aliphatic hydroxyl groups is 1. The molecule has 5 nitrogen and oxygen atoms in total. The van der Waals surface area contributed by atoms with Gasteiger partial charge in [0.05, 0.1) is 6.20 Å². The topological polar surface area (TPSA) is 52.5 Å². The van der Waals surface area contributed by atoms with E-state index in [0.29, 0.717) is 12.5 Å². The minimum atomic E-state index is -0.491. The highest BCUT2D eigenvalue weighted by atomic mass is 35.5. The molecular weight excluding hydrogens is 264 g/mol. The number of aromatic nitrogens is 2. The molecule has 0 bridgehead atoms. The number of hydrogen-bond donors (Lipinski definition) is 1. The Labute approximate surface area is 118 Å². The van der Waals surface area contributed by atoms with Crippen LogP contribution in [0.25, 0.3) is 0 Å². The van der Waals surface area contributed by atoms with Crippen molar-refractivity contribution in [2.75, 3.05) is 23.4 Å². The average Bonchev–Trinajstić information content (AvgIpc) is 2.88. The zero-order valence-corrected chi connectivity index (χ0v) is 11.8. The molecule has 19 heavy (non-hydrogen) atoms. The van der Waals surface area contributed by atoms with E-state index >= 15 is 0 Å². The maximum absolute atomic E-state index is 10.1. The zero-order chi connectivity index (χ0) is 13.4. The molecule has 2 heterocycles. The van der Waals surface area contributed by atoms with E-state index in [2.05, 4.69) is 14.9 Å². The summed E-state index contributed by atoms with van der Waals surface area (Å²) >= 11 is 5.96. The number of aliphatic hydroxyl groups excluding tert-OH is 1. The van der Waals surface area contributed by atoms with Crippen molar-refractivity contribution in [2.45, 2.75) is 44.4 Å². The van der Waals surface area contributed by atoms with Crippen LogP contribution in [0.2, 0.25) is 5.28 Å². The van der Waals surface area contributed by atoms with Crippen molar-refractivity contribution >= 4 is 23.1 Å². The molecule has 1 unspecified atom stereocenters. The monoisotopic (exact) mass is 282 g/mol. The molecule has 1 N–H and O–H groups in total. The fourth-order valence-corrected chi connectivity index (χ4v) is 3.22. The van der Waals surface area contributed by atoms with Gasteiger partial charge in [-0.3, -0.25) is 0 Å². The van der Waals surface area contributed by atoms with Crippen LogP contribution in [0.1, 0.15) is 32.1 Å². The average molecular weight is 283 g/mol. The quantitative estimate of drug-likeness (QED) is 0.799. The van der Waals surface area contributed by atoms with E-state index in [9.17, 15) is 5.11 Å². The molecule has 3 rings (SSSR count). The van der Waals surface area contributed by atoms with Gasteiger partial charge in [-0.25, -0.2) is 4.98 Å². The Kier molecular flexibility index (Phi) is 3.50. The Bertz CT molecular complexity index is 464. The highest BCUT2D eigenvalue weighted by Gasteiger charge is 2.31. The molecular formula is C13H19ClN4O. The number of hydrogen-bond acceptors (Lipinski definition) is 5. The first-order valence-corrected chi connectivity index (χ1v) is 7.24. The highest BCUT2D eigenvalue weighted by Crippen LogP contribution is 2.36. The van der Waals surface area contributed by atoms with Gasteiger partial charge in [-0.15, -0.1) is 0 Å². The van der Waals surface area contributed by atoms with Gasteiger partial charge in [0.2, 0.25) is 5.28 Å². The third-order valence-corrected chi connectivity index (χ3v) is 4.40. The summed E-state index contributed by atoms with van der Waals surface area (Å²) in [4.78, 5) is 12.6. The van der Waals surface area contributed by atoms with Crippen LogP contribution in [-0.4, -0.2) is 40.9 Å². The van der Waals surface area contributed by atoms with Crippen LogP contribution < -0.4 is 9.80 Å². The summed E-state index contributed by atoms with van der Waals surface area (Å²) in [5, 5.41) is 10.4. The van der Waals surface area contributed by atoms with Crippen LogP contribution in [0, 0.1) is 0 Å². The molecule has 0 radical (unpaired) electrons. The second-order valence-corrected chi connectivity index (χ2v) is 5.70. The summed E-state index contributed by atoms with van der Waals surface area (Å²) in [6.45, 7) is 0.816.